The number of benzene rings is 1. The van der Waals surface area contributed by atoms with Crippen LogP contribution >= 0.6 is 0 Å². The molecule has 5 rings (SSSR count). The lowest BCUT2D eigenvalue weighted by atomic mass is 9.86. The molecule has 2 aromatic rings. The van der Waals surface area contributed by atoms with Crippen LogP contribution in [-0.4, -0.2) is 45.6 Å². The van der Waals surface area contributed by atoms with E-state index in [1.807, 2.05) is 6.92 Å². The number of aliphatic hydroxyl groups excluding tert-OH is 1. The molecule has 2 amide bonds. The van der Waals surface area contributed by atoms with E-state index in [2.05, 4.69) is 5.32 Å². The monoisotopic (exact) mass is 439 g/mol. The normalized spacial score (nSPS) is 26.0. The van der Waals surface area contributed by atoms with Gasteiger partial charge in [-0.25, -0.2) is 4.39 Å². The number of fused-ring (bicyclic) bond motifs is 4. The number of nitrogens with one attached hydrogen (secondary N) is 1. The molecule has 8 heteroatoms. The van der Waals surface area contributed by atoms with E-state index in [9.17, 15) is 23.9 Å². The van der Waals surface area contributed by atoms with Crippen LogP contribution in [0.25, 0.3) is 11.1 Å². The van der Waals surface area contributed by atoms with Crippen LogP contribution in [0, 0.1) is 23.6 Å². The molecule has 1 saturated carbocycles. The Morgan fingerprint density at radius 1 is 1.16 bits per heavy atom. The molecular weight excluding hydrogens is 413 g/mol. The summed E-state index contributed by atoms with van der Waals surface area (Å²) in [6, 6.07) is 8.19. The summed E-state index contributed by atoms with van der Waals surface area (Å²) in [6.07, 6.45) is 1.67. The molecule has 0 radical (unpaired) electrons. The second-order valence-corrected chi connectivity index (χ2v) is 8.89. The highest BCUT2D eigenvalue weighted by molar-refractivity contribution is 5.86. The lowest BCUT2D eigenvalue weighted by molar-refractivity contribution is -0.138. The molecule has 168 valence electrons. The van der Waals surface area contributed by atoms with Gasteiger partial charge in [0.15, 0.2) is 0 Å². The van der Waals surface area contributed by atoms with Gasteiger partial charge < -0.3 is 19.9 Å². The standard InChI is InChI=1S/C24H26FN3O4/c1-2-26-22(30)20-17(12-29)19-11-27-18(21(20)28(19)23(31)14-3-4-14)10-9-16(24(27)32)13-5-7-15(25)8-6-13/h5-10,14,17,19-21,29H,2-4,11-12H2,1H3,(H,26,30)/t17-,19-,20+,21+/m0/s1. The molecule has 7 nitrogen and oxygen atoms in total. The van der Waals surface area contributed by atoms with Crippen molar-refractivity contribution in [3.05, 3.63) is 58.3 Å². The molecule has 1 aliphatic carbocycles. The number of aromatic nitrogens is 1. The molecule has 2 aliphatic heterocycles. The number of halogens is 1. The van der Waals surface area contributed by atoms with E-state index >= 15 is 0 Å². The van der Waals surface area contributed by atoms with Gasteiger partial charge >= 0.3 is 0 Å². The van der Waals surface area contributed by atoms with Crippen LogP contribution in [0.15, 0.2) is 41.2 Å². The average molecular weight is 439 g/mol. The van der Waals surface area contributed by atoms with Crippen molar-refractivity contribution in [2.45, 2.75) is 38.4 Å². The van der Waals surface area contributed by atoms with Gasteiger partial charge in [-0.05, 0) is 49.6 Å². The first-order valence-corrected chi connectivity index (χ1v) is 11.2. The van der Waals surface area contributed by atoms with Crippen LogP contribution in [-0.2, 0) is 16.1 Å². The van der Waals surface area contributed by atoms with E-state index in [0.29, 0.717) is 23.4 Å². The fourth-order valence-electron chi connectivity index (χ4n) is 5.39. The molecule has 0 unspecified atom stereocenters. The molecule has 2 bridgehead atoms. The second kappa shape index (κ2) is 7.85. The predicted molar refractivity (Wildman–Crippen MR) is 115 cm³/mol. The maximum absolute atomic E-state index is 13.4. The zero-order chi connectivity index (χ0) is 22.6. The minimum absolute atomic E-state index is 0.00607. The van der Waals surface area contributed by atoms with E-state index in [0.717, 1.165) is 12.8 Å². The summed E-state index contributed by atoms with van der Waals surface area (Å²) in [7, 11) is 0. The third-order valence-corrected chi connectivity index (χ3v) is 7.03. The first-order valence-electron chi connectivity index (χ1n) is 11.2. The SMILES string of the molecule is CCNC(=O)[C@@H]1[C@@H](CO)[C@@H]2Cn3c(ccc(-c4ccc(F)cc4)c3=O)[C@H]1N2C(=O)C1CC1. The zero-order valence-corrected chi connectivity index (χ0v) is 17.8. The van der Waals surface area contributed by atoms with Crippen molar-refractivity contribution >= 4 is 11.8 Å². The minimum Gasteiger partial charge on any atom is -0.396 e. The molecular formula is C24H26FN3O4. The van der Waals surface area contributed by atoms with Crippen molar-refractivity contribution < 1.29 is 19.1 Å². The highest BCUT2D eigenvalue weighted by Gasteiger charge is 2.58. The molecule has 32 heavy (non-hydrogen) atoms. The Balaban J connectivity index is 1.64. The maximum Gasteiger partial charge on any atom is 0.258 e. The number of carbonyl (C=O) groups excluding carboxylic acids is 2. The van der Waals surface area contributed by atoms with E-state index in [1.165, 1.54) is 12.1 Å². The van der Waals surface area contributed by atoms with E-state index < -0.39 is 23.9 Å². The summed E-state index contributed by atoms with van der Waals surface area (Å²) < 4.78 is 15.0. The quantitative estimate of drug-likeness (QED) is 0.742. The fourth-order valence-corrected chi connectivity index (χ4v) is 5.39. The van der Waals surface area contributed by atoms with Gasteiger partial charge in [-0.3, -0.25) is 14.4 Å². The number of hydrogen-bond donors (Lipinski definition) is 2. The molecule has 3 heterocycles. The Bertz CT molecular complexity index is 1130. The Labute approximate surface area is 184 Å². The van der Waals surface area contributed by atoms with Crippen molar-refractivity contribution in [1.29, 1.82) is 0 Å². The van der Waals surface area contributed by atoms with Crippen LogP contribution in [0.4, 0.5) is 4.39 Å². The van der Waals surface area contributed by atoms with Crippen molar-refractivity contribution in [3.8, 4) is 11.1 Å². The number of hydrogen-bond acceptors (Lipinski definition) is 4. The van der Waals surface area contributed by atoms with Gasteiger partial charge in [-0.2, -0.15) is 0 Å². The van der Waals surface area contributed by atoms with Gasteiger partial charge in [-0.15, -0.1) is 0 Å². The molecule has 1 aromatic carbocycles. The van der Waals surface area contributed by atoms with Crippen molar-refractivity contribution in [3.63, 3.8) is 0 Å². The second-order valence-electron chi connectivity index (χ2n) is 8.89. The van der Waals surface area contributed by atoms with Crippen LogP contribution in [0.1, 0.15) is 31.5 Å². The number of pyridine rings is 1. The van der Waals surface area contributed by atoms with E-state index in [4.69, 9.17) is 0 Å². The zero-order valence-electron chi connectivity index (χ0n) is 17.8. The first-order chi connectivity index (χ1) is 15.5. The molecule has 4 atom stereocenters. The summed E-state index contributed by atoms with van der Waals surface area (Å²) in [5, 5.41) is 13.1. The third-order valence-electron chi connectivity index (χ3n) is 7.03. The first kappa shape index (κ1) is 20.9. The number of amides is 2. The molecule has 0 spiro atoms. The average Bonchev–Trinajstić information content (AvgIpc) is 3.60. The van der Waals surface area contributed by atoms with Crippen LogP contribution < -0.4 is 10.9 Å². The molecule has 2 N–H and O–H groups in total. The Kier molecular flexibility index (Phi) is 5.12. The van der Waals surface area contributed by atoms with Gasteiger partial charge in [0.25, 0.3) is 5.56 Å². The maximum atomic E-state index is 13.4. The van der Waals surface area contributed by atoms with Gasteiger partial charge in [0.1, 0.15) is 5.82 Å². The topological polar surface area (TPSA) is 91.6 Å². The number of carbonyl (C=O) groups is 2. The van der Waals surface area contributed by atoms with Crippen molar-refractivity contribution in [1.82, 2.24) is 14.8 Å². The van der Waals surface area contributed by atoms with Gasteiger partial charge in [0.2, 0.25) is 11.8 Å². The molecule has 1 saturated heterocycles. The lowest BCUT2D eigenvalue weighted by Crippen LogP contribution is -2.49. The van der Waals surface area contributed by atoms with Crippen molar-refractivity contribution in [2.75, 3.05) is 13.2 Å². The van der Waals surface area contributed by atoms with Crippen LogP contribution in [0.3, 0.4) is 0 Å². The van der Waals surface area contributed by atoms with Crippen LogP contribution in [0.5, 0.6) is 0 Å². The van der Waals surface area contributed by atoms with Crippen molar-refractivity contribution in [2.24, 2.45) is 17.8 Å². The summed E-state index contributed by atoms with van der Waals surface area (Å²) in [5.41, 5.74) is 1.41. The lowest BCUT2D eigenvalue weighted by Gasteiger charge is -2.38. The van der Waals surface area contributed by atoms with Gasteiger partial charge in [0.05, 0.1) is 18.0 Å². The minimum atomic E-state index is -0.627. The summed E-state index contributed by atoms with van der Waals surface area (Å²) >= 11 is 0. The Hall–Kier alpha value is -3.00. The smallest absolute Gasteiger partial charge is 0.258 e. The number of nitrogens with zero attached hydrogens (tertiary/aromatic N) is 2. The summed E-state index contributed by atoms with van der Waals surface area (Å²) in [5.74, 6) is -1.71. The Morgan fingerprint density at radius 3 is 2.50 bits per heavy atom. The highest BCUT2D eigenvalue weighted by atomic mass is 19.1. The summed E-state index contributed by atoms with van der Waals surface area (Å²) in [4.78, 5) is 41.5. The number of aliphatic hydroxyl groups is 1. The van der Waals surface area contributed by atoms with Gasteiger partial charge in [0, 0.05) is 42.8 Å². The van der Waals surface area contributed by atoms with Crippen LogP contribution in [0.2, 0.25) is 0 Å². The molecule has 3 aliphatic rings. The molecule has 2 fully saturated rings. The fraction of sp³-hybridized carbons (Fsp3) is 0.458. The Morgan fingerprint density at radius 2 is 1.88 bits per heavy atom. The highest BCUT2D eigenvalue weighted by Crippen LogP contribution is 2.50. The largest absolute Gasteiger partial charge is 0.396 e. The van der Waals surface area contributed by atoms with Gasteiger partial charge in [-0.1, -0.05) is 12.1 Å². The summed E-state index contributed by atoms with van der Waals surface area (Å²) in [6.45, 7) is 2.25. The molecule has 1 aromatic heterocycles. The predicted octanol–water partition coefficient (Wildman–Crippen LogP) is 1.69. The number of rotatable bonds is 5. The third kappa shape index (κ3) is 3.16. The van der Waals surface area contributed by atoms with E-state index in [1.54, 1.807) is 33.7 Å². The van der Waals surface area contributed by atoms with E-state index in [-0.39, 0.29) is 42.3 Å².